The molecule has 10 nitrogen and oxygen atoms in total. The third kappa shape index (κ3) is 5.79. The summed E-state index contributed by atoms with van der Waals surface area (Å²) in [7, 11) is 0. The van der Waals surface area contributed by atoms with E-state index in [-0.39, 0.29) is 37.7 Å². The summed E-state index contributed by atoms with van der Waals surface area (Å²) < 4.78 is 21.6. The number of β-amino-alcohol motifs (C(OH)–C–C–N with tert-alkyl or cyclic N) is 1. The van der Waals surface area contributed by atoms with Crippen LogP contribution in [0.15, 0.2) is 30.6 Å². The van der Waals surface area contributed by atoms with Crippen LogP contribution in [0, 0.1) is 26.2 Å². The van der Waals surface area contributed by atoms with Crippen LogP contribution in [0.5, 0.6) is 0 Å². The van der Waals surface area contributed by atoms with E-state index in [0.717, 1.165) is 36.5 Å². The zero-order chi connectivity index (χ0) is 24.5. The second-order valence-electron chi connectivity index (χ2n) is 9.07. The molecule has 0 aliphatic carbocycles. The molecule has 37 heavy (non-hydrogen) atoms. The molecule has 2 fully saturated rings. The van der Waals surface area contributed by atoms with Gasteiger partial charge in [-0.1, -0.05) is 19.6 Å². The number of morpholine rings is 1. The van der Waals surface area contributed by atoms with Crippen LogP contribution < -0.4 is 0 Å². The molecule has 3 aromatic rings. The van der Waals surface area contributed by atoms with Crippen molar-refractivity contribution < 1.29 is 14.2 Å². The second-order valence-corrected chi connectivity index (χ2v) is 9.07. The first-order valence-corrected chi connectivity index (χ1v) is 11.6. The largest absolute Gasteiger partial charge is 0.387 e. The molecule has 0 spiro atoms. The molecule has 5 rings (SSSR count). The minimum Gasteiger partial charge on any atom is -0.387 e. The minimum atomic E-state index is -0.664. The highest BCUT2D eigenvalue weighted by Gasteiger charge is 2.35. The third-order valence-corrected chi connectivity index (χ3v) is 6.95. The standard InChI is InChI=1S/C24H27FN8O2.CH4.ClH/c1-15-18(4-6-20(25)24(15)26-3)22-12-32-9-8-31(10-17(32)13-35-22)11-21(34)19-5-7-23(28-16(19)2)33-14-27-29-30-33;;/h4-7,14,17,21-22,34H,8-13H2,1-2H3;1H4;1H/t17-,21?,22-;;/m0../s1. The number of ether oxygens (including phenoxy) is 1. The van der Waals surface area contributed by atoms with Crippen LogP contribution in [0.4, 0.5) is 10.1 Å². The molecule has 0 radical (unpaired) electrons. The van der Waals surface area contributed by atoms with Crippen molar-refractivity contribution in [2.75, 3.05) is 39.3 Å². The number of benzene rings is 1. The van der Waals surface area contributed by atoms with Gasteiger partial charge in [-0.3, -0.25) is 9.80 Å². The number of tetrazole rings is 1. The summed E-state index contributed by atoms with van der Waals surface area (Å²) in [5, 5.41) is 22.0. The Morgan fingerprint density at radius 3 is 2.73 bits per heavy atom. The lowest BCUT2D eigenvalue weighted by atomic mass is 9.98. The summed E-state index contributed by atoms with van der Waals surface area (Å²) in [6.45, 7) is 15.1. The molecule has 0 saturated carbocycles. The quantitative estimate of drug-likeness (QED) is 0.502. The van der Waals surface area contributed by atoms with Gasteiger partial charge in [-0.15, -0.1) is 17.5 Å². The second kappa shape index (κ2) is 12.0. The van der Waals surface area contributed by atoms with E-state index < -0.39 is 11.9 Å². The van der Waals surface area contributed by atoms with Gasteiger partial charge in [0, 0.05) is 50.0 Å². The Labute approximate surface area is 222 Å². The molecule has 1 aromatic carbocycles. The zero-order valence-corrected chi connectivity index (χ0v) is 20.9. The van der Waals surface area contributed by atoms with Crippen LogP contribution in [0.3, 0.4) is 0 Å². The van der Waals surface area contributed by atoms with Crippen molar-refractivity contribution in [1.82, 2.24) is 35.0 Å². The third-order valence-electron chi connectivity index (χ3n) is 6.95. The minimum absolute atomic E-state index is 0. The summed E-state index contributed by atoms with van der Waals surface area (Å²) in [5.74, 6) is 0.114. The predicted octanol–water partition coefficient (Wildman–Crippen LogP) is 3.21. The molecule has 2 aliphatic heterocycles. The van der Waals surface area contributed by atoms with Crippen molar-refractivity contribution in [3.8, 4) is 5.82 Å². The van der Waals surface area contributed by atoms with E-state index in [1.807, 2.05) is 13.0 Å². The smallest absolute Gasteiger partial charge is 0.225 e. The summed E-state index contributed by atoms with van der Waals surface area (Å²) in [5.41, 5.74) is 3.12. The fourth-order valence-corrected chi connectivity index (χ4v) is 5.02. The van der Waals surface area contributed by atoms with Gasteiger partial charge < -0.3 is 9.84 Å². The van der Waals surface area contributed by atoms with Gasteiger partial charge in [-0.25, -0.2) is 14.2 Å². The number of aromatic nitrogens is 5. The van der Waals surface area contributed by atoms with Gasteiger partial charge in [0.1, 0.15) is 12.1 Å². The lowest BCUT2D eigenvalue weighted by Gasteiger charge is -2.46. The predicted molar refractivity (Wildman–Crippen MR) is 139 cm³/mol. The molecule has 1 unspecified atom stereocenters. The average molecular weight is 531 g/mol. The molecule has 1 N–H and O–H groups in total. The maximum atomic E-state index is 13.9. The topological polar surface area (TPSA) is 96.8 Å². The number of aryl methyl sites for hydroxylation is 1. The molecule has 2 aliphatic rings. The van der Waals surface area contributed by atoms with Crippen LogP contribution in [-0.4, -0.2) is 85.5 Å². The molecule has 198 valence electrons. The molecule has 0 bridgehead atoms. The number of rotatable bonds is 5. The number of aliphatic hydroxyl groups excluding tert-OH is 1. The maximum Gasteiger partial charge on any atom is 0.225 e. The van der Waals surface area contributed by atoms with Crippen LogP contribution in [-0.2, 0) is 4.74 Å². The molecular formula is C25H32ClFN8O2. The monoisotopic (exact) mass is 530 g/mol. The Hall–Kier alpha value is -3.01. The van der Waals surface area contributed by atoms with E-state index in [9.17, 15) is 9.50 Å². The Kier molecular flexibility index (Phi) is 9.28. The number of aliphatic hydroxyl groups is 1. The number of halogens is 2. The number of nitrogens with zero attached hydrogens (tertiary/aromatic N) is 8. The van der Waals surface area contributed by atoms with E-state index in [0.29, 0.717) is 31.1 Å². The van der Waals surface area contributed by atoms with Gasteiger partial charge in [-0.05, 0) is 47.5 Å². The fourth-order valence-electron chi connectivity index (χ4n) is 5.02. The Morgan fingerprint density at radius 1 is 1.22 bits per heavy atom. The molecular weight excluding hydrogens is 499 g/mol. The molecule has 2 aromatic heterocycles. The van der Waals surface area contributed by atoms with Gasteiger partial charge in [0.15, 0.2) is 5.82 Å². The first-order valence-electron chi connectivity index (χ1n) is 11.6. The van der Waals surface area contributed by atoms with Gasteiger partial charge in [0.25, 0.3) is 0 Å². The van der Waals surface area contributed by atoms with E-state index in [2.05, 4.69) is 35.2 Å². The maximum absolute atomic E-state index is 13.9. The van der Waals surface area contributed by atoms with Gasteiger partial charge in [0.2, 0.25) is 5.69 Å². The first-order chi connectivity index (χ1) is 16.9. The summed E-state index contributed by atoms with van der Waals surface area (Å²) >= 11 is 0. The normalized spacial score (nSPS) is 20.7. The van der Waals surface area contributed by atoms with Crippen molar-refractivity contribution in [3.05, 3.63) is 70.2 Å². The summed E-state index contributed by atoms with van der Waals surface area (Å²) in [4.78, 5) is 12.5. The van der Waals surface area contributed by atoms with Crippen LogP contribution in [0.25, 0.3) is 10.7 Å². The van der Waals surface area contributed by atoms with Crippen LogP contribution >= 0.6 is 12.4 Å². The highest BCUT2D eigenvalue weighted by molar-refractivity contribution is 5.85. The summed E-state index contributed by atoms with van der Waals surface area (Å²) in [6, 6.07) is 6.98. The lowest BCUT2D eigenvalue weighted by Crippen LogP contribution is -2.58. The fraction of sp³-hybridized carbons (Fsp3) is 0.480. The molecule has 12 heteroatoms. The number of hydrogen-bond donors (Lipinski definition) is 1. The van der Waals surface area contributed by atoms with Crippen molar-refractivity contribution in [2.45, 2.75) is 39.5 Å². The average Bonchev–Trinajstić information content (AvgIpc) is 3.39. The Morgan fingerprint density at radius 2 is 2.03 bits per heavy atom. The number of pyridine rings is 1. The van der Waals surface area contributed by atoms with Crippen molar-refractivity contribution in [2.24, 2.45) is 0 Å². The molecule has 2 saturated heterocycles. The molecule has 4 heterocycles. The van der Waals surface area contributed by atoms with Crippen molar-refractivity contribution in [1.29, 1.82) is 0 Å². The van der Waals surface area contributed by atoms with E-state index in [1.165, 1.54) is 17.1 Å². The number of fused-ring (bicyclic) bond motifs is 1. The lowest BCUT2D eigenvalue weighted by molar-refractivity contribution is -0.0939. The van der Waals surface area contributed by atoms with Gasteiger partial charge in [-0.2, -0.15) is 4.68 Å². The van der Waals surface area contributed by atoms with E-state index in [1.54, 1.807) is 19.1 Å². The van der Waals surface area contributed by atoms with Gasteiger partial charge in [0.05, 0.1) is 25.4 Å². The summed E-state index contributed by atoms with van der Waals surface area (Å²) in [6.07, 6.45) is 0.634. The SMILES string of the molecule is C.Cl.[C-]#[N+]c1c(F)ccc([C@@H]2CN3CCN(CC(O)c4ccc(-n5cnnn5)nc4C)C[C@H]3CO2)c1C. The van der Waals surface area contributed by atoms with Crippen LogP contribution in [0.1, 0.15) is 42.0 Å². The van der Waals surface area contributed by atoms with E-state index in [4.69, 9.17) is 11.3 Å². The number of hydrogen-bond acceptors (Lipinski definition) is 8. The first kappa shape index (κ1) is 28.6. The highest BCUT2D eigenvalue weighted by atomic mass is 35.5. The zero-order valence-electron chi connectivity index (χ0n) is 20.1. The number of piperazine rings is 1. The Bertz CT molecular complexity index is 1250. The van der Waals surface area contributed by atoms with Crippen molar-refractivity contribution in [3.63, 3.8) is 0 Å². The Balaban J connectivity index is 0.00000190. The molecule has 3 atom stereocenters. The van der Waals surface area contributed by atoms with E-state index >= 15 is 0 Å². The van der Waals surface area contributed by atoms with Crippen LogP contribution in [0.2, 0.25) is 0 Å². The highest BCUT2D eigenvalue weighted by Crippen LogP contribution is 2.34. The van der Waals surface area contributed by atoms with Crippen molar-refractivity contribution >= 4 is 18.1 Å². The molecule has 0 amide bonds. The van der Waals surface area contributed by atoms with Gasteiger partial charge >= 0.3 is 0 Å².